The van der Waals surface area contributed by atoms with E-state index in [0.29, 0.717) is 19.5 Å². The Labute approximate surface area is 81.3 Å². The molecule has 4 unspecified atom stereocenters. The fraction of sp³-hybridized carbons (Fsp3) is 0.889. The van der Waals surface area contributed by atoms with Crippen LogP contribution >= 0.6 is 0 Å². The second-order valence-electron chi connectivity index (χ2n) is 4.23. The summed E-state index contributed by atoms with van der Waals surface area (Å²) in [6.45, 7) is 2.07. The molecular formula is C9H14FNO3. The zero-order chi connectivity index (χ0) is 10.3. The largest absolute Gasteiger partial charge is 0.479 e. The van der Waals surface area contributed by atoms with Gasteiger partial charge in [-0.1, -0.05) is 0 Å². The molecular weight excluding hydrogens is 189 g/mol. The van der Waals surface area contributed by atoms with Crippen LogP contribution in [0, 0.1) is 5.92 Å². The first-order chi connectivity index (χ1) is 6.54. The Morgan fingerprint density at radius 3 is 2.93 bits per heavy atom. The number of carbonyl (C=O) groups is 1. The highest BCUT2D eigenvalue weighted by Crippen LogP contribution is 2.38. The Kier molecular flexibility index (Phi) is 2.23. The van der Waals surface area contributed by atoms with Crippen LogP contribution in [0.1, 0.15) is 12.8 Å². The highest BCUT2D eigenvalue weighted by atomic mass is 19.1. The number of halogens is 1. The summed E-state index contributed by atoms with van der Waals surface area (Å²) in [6, 6.07) is 0. The van der Waals surface area contributed by atoms with Crippen molar-refractivity contribution in [3.8, 4) is 0 Å². The number of rotatable bonds is 2. The van der Waals surface area contributed by atoms with Gasteiger partial charge in [-0.3, -0.25) is 0 Å². The van der Waals surface area contributed by atoms with E-state index < -0.39 is 17.7 Å². The molecule has 0 aromatic carbocycles. The topological polar surface area (TPSA) is 60.8 Å². The Hall–Kier alpha value is -0.680. The Bertz CT molecular complexity index is 260. The van der Waals surface area contributed by atoms with E-state index in [1.165, 1.54) is 0 Å². The number of aliphatic carboxylic acids is 1. The molecule has 14 heavy (non-hydrogen) atoms. The average Bonchev–Trinajstić information content (AvgIpc) is 2.56. The third kappa shape index (κ3) is 1.31. The SMILES string of the molecule is O=C(O)C(F)C1(O)CCN2CCC1C2. The van der Waals surface area contributed by atoms with Gasteiger partial charge < -0.3 is 15.1 Å². The van der Waals surface area contributed by atoms with Gasteiger partial charge in [-0.25, -0.2) is 9.18 Å². The summed E-state index contributed by atoms with van der Waals surface area (Å²) in [5.41, 5.74) is -1.64. The lowest BCUT2D eigenvalue weighted by Gasteiger charge is -2.39. The summed E-state index contributed by atoms with van der Waals surface area (Å²) in [6.07, 6.45) is -1.22. The summed E-state index contributed by atoms with van der Waals surface area (Å²) >= 11 is 0. The highest BCUT2D eigenvalue weighted by Gasteiger charge is 2.52. The molecule has 5 heteroatoms. The molecule has 0 aromatic heterocycles. The zero-order valence-electron chi connectivity index (χ0n) is 7.82. The van der Waals surface area contributed by atoms with E-state index in [1.807, 2.05) is 0 Å². The fourth-order valence-corrected chi connectivity index (χ4v) is 2.53. The van der Waals surface area contributed by atoms with E-state index in [-0.39, 0.29) is 12.3 Å². The Balaban J connectivity index is 2.18. The Morgan fingerprint density at radius 1 is 1.57 bits per heavy atom. The molecule has 0 amide bonds. The van der Waals surface area contributed by atoms with Gasteiger partial charge in [-0.2, -0.15) is 0 Å². The van der Waals surface area contributed by atoms with Gasteiger partial charge in [0, 0.05) is 19.0 Å². The summed E-state index contributed by atoms with van der Waals surface area (Å²) in [5, 5.41) is 18.6. The summed E-state index contributed by atoms with van der Waals surface area (Å²) in [7, 11) is 0. The van der Waals surface area contributed by atoms with Crippen LogP contribution in [0.4, 0.5) is 4.39 Å². The van der Waals surface area contributed by atoms with Gasteiger partial charge in [-0.15, -0.1) is 0 Å². The summed E-state index contributed by atoms with van der Waals surface area (Å²) in [5.74, 6) is -1.77. The molecule has 0 saturated carbocycles. The molecule has 2 saturated heterocycles. The summed E-state index contributed by atoms with van der Waals surface area (Å²) in [4.78, 5) is 12.7. The number of hydrogen-bond acceptors (Lipinski definition) is 3. The highest BCUT2D eigenvalue weighted by molar-refractivity contribution is 5.74. The number of alkyl halides is 1. The van der Waals surface area contributed by atoms with Crippen molar-refractivity contribution >= 4 is 5.97 Å². The van der Waals surface area contributed by atoms with E-state index in [0.717, 1.165) is 6.54 Å². The second-order valence-corrected chi connectivity index (χ2v) is 4.23. The van der Waals surface area contributed by atoms with Crippen molar-refractivity contribution in [1.29, 1.82) is 0 Å². The quantitative estimate of drug-likeness (QED) is 0.656. The molecule has 80 valence electrons. The van der Waals surface area contributed by atoms with Crippen molar-refractivity contribution in [3.63, 3.8) is 0 Å². The molecule has 2 fully saturated rings. The van der Waals surface area contributed by atoms with Crippen molar-refractivity contribution in [2.75, 3.05) is 19.6 Å². The van der Waals surface area contributed by atoms with Crippen LogP contribution in [0.25, 0.3) is 0 Å². The normalized spacial score (nSPS) is 43.6. The van der Waals surface area contributed by atoms with Gasteiger partial charge in [0.15, 0.2) is 0 Å². The maximum absolute atomic E-state index is 13.4. The Morgan fingerprint density at radius 2 is 2.29 bits per heavy atom. The number of hydrogen-bond donors (Lipinski definition) is 2. The predicted octanol–water partition coefficient (Wildman–Crippen LogP) is -0.134. The van der Waals surface area contributed by atoms with Crippen LogP contribution in [0.3, 0.4) is 0 Å². The van der Waals surface area contributed by atoms with Crippen LogP contribution in [0.2, 0.25) is 0 Å². The predicted molar refractivity (Wildman–Crippen MR) is 46.6 cm³/mol. The van der Waals surface area contributed by atoms with Gasteiger partial charge in [0.1, 0.15) is 5.60 Å². The van der Waals surface area contributed by atoms with E-state index in [1.54, 1.807) is 0 Å². The van der Waals surface area contributed by atoms with E-state index >= 15 is 0 Å². The molecule has 0 radical (unpaired) electrons. The number of piperidine rings is 1. The van der Waals surface area contributed by atoms with E-state index in [2.05, 4.69) is 4.90 Å². The molecule has 2 N–H and O–H groups in total. The molecule has 4 nitrogen and oxygen atoms in total. The van der Waals surface area contributed by atoms with Crippen molar-refractivity contribution in [1.82, 2.24) is 4.90 Å². The van der Waals surface area contributed by atoms with Crippen molar-refractivity contribution in [3.05, 3.63) is 0 Å². The first-order valence-corrected chi connectivity index (χ1v) is 4.85. The maximum atomic E-state index is 13.4. The van der Waals surface area contributed by atoms with Gasteiger partial charge in [0.25, 0.3) is 0 Å². The minimum Gasteiger partial charge on any atom is -0.479 e. The second kappa shape index (κ2) is 3.17. The van der Waals surface area contributed by atoms with Gasteiger partial charge in [-0.05, 0) is 19.4 Å². The monoisotopic (exact) mass is 203 g/mol. The molecule has 2 aliphatic heterocycles. The molecule has 0 aliphatic carbocycles. The smallest absolute Gasteiger partial charge is 0.341 e. The van der Waals surface area contributed by atoms with Gasteiger partial charge >= 0.3 is 5.97 Å². The zero-order valence-corrected chi connectivity index (χ0v) is 7.82. The molecule has 0 spiro atoms. The lowest BCUT2D eigenvalue weighted by atomic mass is 9.78. The molecule has 0 aromatic rings. The van der Waals surface area contributed by atoms with E-state index in [4.69, 9.17) is 5.11 Å². The molecule has 2 heterocycles. The minimum atomic E-state index is -2.15. The van der Waals surface area contributed by atoms with Crippen molar-refractivity contribution < 1.29 is 19.4 Å². The molecule has 4 atom stereocenters. The lowest BCUT2D eigenvalue weighted by molar-refractivity contribution is -0.163. The average molecular weight is 203 g/mol. The number of fused-ring (bicyclic) bond motifs is 2. The van der Waals surface area contributed by atoms with Crippen molar-refractivity contribution in [2.45, 2.75) is 24.6 Å². The number of aliphatic hydroxyl groups is 1. The van der Waals surface area contributed by atoms with Crippen LogP contribution in [-0.2, 0) is 4.79 Å². The molecule has 2 rings (SSSR count). The van der Waals surface area contributed by atoms with E-state index in [9.17, 15) is 14.3 Å². The maximum Gasteiger partial charge on any atom is 0.341 e. The molecule has 2 bridgehead atoms. The van der Waals surface area contributed by atoms with Gasteiger partial charge in [0.2, 0.25) is 6.17 Å². The van der Waals surface area contributed by atoms with Crippen LogP contribution in [0.15, 0.2) is 0 Å². The van der Waals surface area contributed by atoms with Crippen LogP contribution in [0.5, 0.6) is 0 Å². The molecule has 2 aliphatic rings. The minimum absolute atomic E-state index is 0.220. The lowest BCUT2D eigenvalue weighted by Crippen LogP contribution is -2.55. The third-order valence-corrected chi connectivity index (χ3v) is 3.46. The standard InChI is InChI=1S/C9H14FNO3/c10-7(8(12)13)9(14)2-4-11-3-1-6(9)5-11/h6-7,14H,1-5H2,(H,12,13). The number of nitrogens with zero attached hydrogens (tertiary/aromatic N) is 1. The first kappa shape index (κ1) is 9.86. The summed E-state index contributed by atoms with van der Waals surface area (Å²) < 4.78 is 13.4. The van der Waals surface area contributed by atoms with Crippen LogP contribution < -0.4 is 0 Å². The number of carboxylic acids is 1. The number of carboxylic acid groups (broad SMARTS) is 1. The van der Waals surface area contributed by atoms with Crippen molar-refractivity contribution in [2.24, 2.45) is 5.92 Å². The fourth-order valence-electron chi connectivity index (χ4n) is 2.53. The first-order valence-electron chi connectivity index (χ1n) is 4.85. The van der Waals surface area contributed by atoms with Crippen LogP contribution in [-0.4, -0.2) is 52.5 Å². The van der Waals surface area contributed by atoms with Gasteiger partial charge in [0.05, 0.1) is 0 Å². The third-order valence-electron chi connectivity index (χ3n) is 3.46.